The standard InChI is InChI=1S/C69H66N3O.Pt/c1-43(2)52-39-58(44(3)4)66(73)61(40-52)67-71-65-57(53-36-54(38-56(37-53)69(9,10)11)62-41-51(33-34-70-62)48-27-25-47(26-28-48)46-19-14-12-15-20-46)23-18-24-63(65)72(67)64-42-59(49-21-16-13-17-22-49)45(5)35-60(64)50-29-31-55(32-30-50)68(6,7)8;/h12-35,37-44,73H,1-11H3;/q-1;/i5D3,43D,44D;. The molecule has 0 atom stereocenters. The van der Waals surface area contributed by atoms with E-state index in [1.807, 2.05) is 108 Å². The number of phenolic OH excluding ortho intramolecular Hbond substituents is 1. The minimum Gasteiger partial charge on any atom is -0.507 e. The summed E-state index contributed by atoms with van der Waals surface area (Å²) in [4.78, 5) is 10.6. The molecule has 0 spiro atoms. The quantitative estimate of drug-likeness (QED) is 0.139. The van der Waals surface area contributed by atoms with Crippen LogP contribution in [0.2, 0.25) is 0 Å². The van der Waals surface area contributed by atoms with Gasteiger partial charge < -0.3 is 5.11 Å². The predicted octanol–water partition coefficient (Wildman–Crippen LogP) is 18.7. The molecule has 74 heavy (non-hydrogen) atoms. The van der Waals surface area contributed by atoms with Gasteiger partial charge in [0.05, 0.1) is 22.3 Å². The summed E-state index contributed by atoms with van der Waals surface area (Å²) < 4.78 is 47.6. The molecule has 0 radical (unpaired) electrons. The molecular formula is C69H66N3OPt-. The van der Waals surface area contributed by atoms with Crippen molar-refractivity contribution >= 4 is 11.0 Å². The van der Waals surface area contributed by atoms with Crippen molar-refractivity contribution in [2.45, 2.75) is 98.7 Å². The molecule has 0 unspecified atom stereocenters. The van der Waals surface area contributed by atoms with Crippen LogP contribution in [-0.4, -0.2) is 19.6 Å². The van der Waals surface area contributed by atoms with Gasteiger partial charge in [0.2, 0.25) is 0 Å². The van der Waals surface area contributed by atoms with E-state index in [1.54, 1.807) is 39.8 Å². The average molecular weight is 1150 g/mol. The van der Waals surface area contributed by atoms with E-state index < -0.39 is 18.6 Å². The van der Waals surface area contributed by atoms with Crippen LogP contribution in [0, 0.1) is 12.9 Å². The number of fused-ring (bicyclic) bond motifs is 1. The number of nitrogens with zero attached hydrogens (tertiary/aromatic N) is 3. The molecule has 0 saturated carbocycles. The molecule has 1 N–H and O–H groups in total. The fourth-order valence-electron chi connectivity index (χ4n) is 9.76. The average Bonchev–Trinajstić information content (AvgIpc) is 4.09. The van der Waals surface area contributed by atoms with Crippen LogP contribution < -0.4 is 0 Å². The zero-order valence-electron chi connectivity index (χ0n) is 48.9. The van der Waals surface area contributed by atoms with Crippen molar-refractivity contribution in [1.29, 1.82) is 0 Å². The molecule has 0 fully saturated rings. The van der Waals surface area contributed by atoms with Crippen LogP contribution in [0.15, 0.2) is 182 Å². The molecule has 8 aromatic carbocycles. The molecule has 2 aromatic heterocycles. The number of aromatic nitrogens is 3. The Bertz CT molecular complexity index is 3860. The first-order chi connectivity index (χ1) is 36.7. The Labute approximate surface area is 460 Å². The van der Waals surface area contributed by atoms with Gasteiger partial charge in [-0.3, -0.25) is 9.55 Å². The van der Waals surface area contributed by atoms with Crippen molar-refractivity contribution in [1.82, 2.24) is 14.5 Å². The topological polar surface area (TPSA) is 50.9 Å². The normalized spacial score (nSPS) is 13.4. The Hall–Kier alpha value is -7.13. The van der Waals surface area contributed by atoms with Crippen molar-refractivity contribution in [2.75, 3.05) is 0 Å². The summed E-state index contributed by atoms with van der Waals surface area (Å²) in [5.74, 6) is -2.15. The minimum absolute atomic E-state index is 0. The number of phenols is 1. The van der Waals surface area contributed by atoms with E-state index in [9.17, 15) is 7.85 Å². The van der Waals surface area contributed by atoms with Gasteiger partial charge in [0.15, 0.2) is 0 Å². The van der Waals surface area contributed by atoms with E-state index in [2.05, 4.69) is 114 Å². The summed E-state index contributed by atoms with van der Waals surface area (Å²) in [5, 5.41) is 12.7. The van der Waals surface area contributed by atoms with E-state index in [0.717, 1.165) is 66.9 Å². The van der Waals surface area contributed by atoms with Gasteiger partial charge in [0.1, 0.15) is 11.6 Å². The molecule has 0 amide bonds. The first-order valence-electron chi connectivity index (χ1n) is 27.7. The molecule has 5 heteroatoms. The first-order valence-corrected chi connectivity index (χ1v) is 25.2. The van der Waals surface area contributed by atoms with Crippen LogP contribution in [0.3, 0.4) is 0 Å². The molecule has 0 aliphatic carbocycles. The monoisotopic (exact) mass is 1150 g/mol. The molecule has 2 heterocycles. The summed E-state index contributed by atoms with van der Waals surface area (Å²) in [6.07, 6.45) is 1.85. The summed E-state index contributed by atoms with van der Waals surface area (Å²) in [6, 6.07) is 62.5. The number of rotatable bonds is 10. The zero-order valence-corrected chi connectivity index (χ0v) is 46.2. The first kappa shape index (κ1) is 45.5. The maximum absolute atomic E-state index is 12.7. The van der Waals surface area contributed by atoms with Crippen molar-refractivity contribution in [3.05, 3.63) is 216 Å². The Morgan fingerprint density at radius 3 is 1.76 bits per heavy atom. The molecular weight excluding hydrogens is 1080 g/mol. The predicted molar refractivity (Wildman–Crippen MR) is 308 cm³/mol. The van der Waals surface area contributed by atoms with E-state index in [-0.39, 0.29) is 43.2 Å². The number of benzene rings is 8. The van der Waals surface area contributed by atoms with Gasteiger partial charge in [-0.1, -0.05) is 214 Å². The zero-order chi connectivity index (χ0) is 55.7. The third-order valence-corrected chi connectivity index (χ3v) is 14.1. The molecule has 4 nitrogen and oxygen atoms in total. The number of aryl methyl sites for hydroxylation is 1. The SMILES string of the molecule is [2H]C([2H])([2H])c1cc(-c2ccc(C(C)(C)C)cc2)c(-n2c(-c3cc(C([2H])(C)C)cc(C([2H])(C)C)c3O)nc3c(-c4[c-]c(-c5cc(-c6ccc(-c7ccccc7)cc6)ccn5)cc(C(C)(C)C)c4)cccc32)cc1-c1ccccc1.[Pt]. The van der Waals surface area contributed by atoms with Gasteiger partial charge in [0, 0.05) is 45.4 Å². The van der Waals surface area contributed by atoms with Gasteiger partial charge in [-0.15, -0.1) is 29.3 Å². The molecule has 374 valence electrons. The summed E-state index contributed by atoms with van der Waals surface area (Å²) in [5.41, 5.74) is 15.4. The van der Waals surface area contributed by atoms with Crippen LogP contribution in [0.4, 0.5) is 0 Å². The number of pyridine rings is 1. The van der Waals surface area contributed by atoms with Crippen molar-refractivity contribution in [3.63, 3.8) is 0 Å². The fourth-order valence-corrected chi connectivity index (χ4v) is 9.76. The Morgan fingerprint density at radius 2 is 1.14 bits per heavy atom. The second kappa shape index (κ2) is 20.6. The van der Waals surface area contributed by atoms with E-state index >= 15 is 0 Å². The maximum atomic E-state index is 12.7. The smallest absolute Gasteiger partial charge is 0.148 e. The molecule has 0 bridgehead atoms. The van der Waals surface area contributed by atoms with E-state index in [4.69, 9.17) is 14.1 Å². The van der Waals surface area contributed by atoms with Gasteiger partial charge >= 0.3 is 0 Å². The number of hydrogen-bond acceptors (Lipinski definition) is 3. The number of para-hydroxylation sites is 1. The van der Waals surface area contributed by atoms with Crippen LogP contribution in [0.25, 0.3) is 95.0 Å². The molecule has 10 aromatic rings. The Morgan fingerprint density at radius 1 is 0.541 bits per heavy atom. The van der Waals surface area contributed by atoms with Crippen LogP contribution in [0.1, 0.15) is 116 Å². The Balaban J connectivity index is 0.00000757. The third-order valence-electron chi connectivity index (χ3n) is 14.1. The Kier molecular flexibility index (Phi) is 12.7. The summed E-state index contributed by atoms with van der Waals surface area (Å²) in [7, 11) is 0. The second-order valence-electron chi connectivity index (χ2n) is 21.8. The third kappa shape index (κ3) is 10.2. The number of aromatic hydroxyl groups is 1. The van der Waals surface area contributed by atoms with E-state index in [1.165, 1.54) is 0 Å². The van der Waals surface area contributed by atoms with Crippen molar-refractivity contribution < 1.29 is 33.0 Å². The largest absolute Gasteiger partial charge is 0.507 e. The van der Waals surface area contributed by atoms with Gasteiger partial charge in [-0.05, 0) is 121 Å². The van der Waals surface area contributed by atoms with Gasteiger partial charge in [-0.2, -0.15) is 0 Å². The van der Waals surface area contributed by atoms with Crippen molar-refractivity contribution in [2.24, 2.45) is 0 Å². The van der Waals surface area contributed by atoms with Gasteiger partial charge in [-0.25, -0.2) is 4.98 Å². The molecule has 0 saturated heterocycles. The number of imidazole rings is 1. The number of hydrogen-bond donors (Lipinski definition) is 1. The van der Waals surface area contributed by atoms with Crippen LogP contribution in [0.5, 0.6) is 5.75 Å². The van der Waals surface area contributed by atoms with Gasteiger partial charge in [0.25, 0.3) is 0 Å². The van der Waals surface area contributed by atoms with Crippen LogP contribution in [-0.2, 0) is 31.9 Å². The van der Waals surface area contributed by atoms with Crippen molar-refractivity contribution in [3.8, 4) is 89.7 Å². The maximum Gasteiger partial charge on any atom is 0.148 e. The summed E-state index contributed by atoms with van der Waals surface area (Å²) >= 11 is 0. The van der Waals surface area contributed by atoms with E-state index in [0.29, 0.717) is 50.4 Å². The minimum atomic E-state index is -2.50. The molecule has 0 aliphatic rings. The molecule has 10 rings (SSSR count). The fraction of sp³-hybridized carbons (Fsp3) is 0.217. The molecule has 0 aliphatic heterocycles. The van der Waals surface area contributed by atoms with Crippen LogP contribution >= 0.6 is 0 Å². The summed E-state index contributed by atoms with van der Waals surface area (Å²) in [6.45, 7) is 17.6. The second-order valence-corrected chi connectivity index (χ2v) is 21.8.